The Labute approximate surface area is 81.4 Å². The summed E-state index contributed by atoms with van der Waals surface area (Å²) in [4.78, 5) is 0. The van der Waals surface area contributed by atoms with Crippen molar-refractivity contribution in [1.29, 1.82) is 5.26 Å². The Hall–Kier alpha value is -1.21. The van der Waals surface area contributed by atoms with Gasteiger partial charge in [0, 0.05) is 11.8 Å². The summed E-state index contributed by atoms with van der Waals surface area (Å²) in [6.07, 6.45) is 0. The molecule has 0 N–H and O–H groups in total. The first-order chi connectivity index (χ1) is 6.27. The Balaban J connectivity index is 2.79. The van der Waals surface area contributed by atoms with Crippen LogP contribution in [0.4, 0.5) is 4.39 Å². The molecule has 0 saturated heterocycles. The van der Waals surface area contributed by atoms with Gasteiger partial charge in [0.05, 0.1) is 12.2 Å². The van der Waals surface area contributed by atoms with Gasteiger partial charge in [-0.05, 0) is 12.1 Å². The quantitative estimate of drug-likeness (QED) is 0.752. The highest BCUT2D eigenvalue weighted by Crippen LogP contribution is 2.15. The standard InChI is InChI=1S/C9H8FNOS/c10-9-5-8(12-3-4-13)2-1-7(9)6-11/h1-2,5,13H,3-4H2. The van der Waals surface area contributed by atoms with Crippen molar-refractivity contribution in [3.63, 3.8) is 0 Å². The molecule has 0 aliphatic heterocycles. The molecular formula is C9H8FNOS. The molecule has 1 aromatic carbocycles. The minimum atomic E-state index is -0.556. The van der Waals surface area contributed by atoms with E-state index in [1.807, 2.05) is 0 Å². The van der Waals surface area contributed by atoms with Gasteiger partial charge in [-0.3, -0.25) is 0 Å². The van der Waals surface area contributed by atoms with Gasteiger partial charge >= 0.3 is 0 Å². The van der Waals surface area contributed by atoms with Crippen LogP contribution in [0, 0.1) is 17.1 Å². The molecule has 2 nitrogen and oxygen atoms in total. The number of nitrogens with zero attached hydrogens (tertiary/aromatic N) is 1. The molecule has 13 heavy (non-hydrogen) atoms. The first kappa shape index (κ1) is 9.87. The normalized spacial score (nSPS) is 9.31. The third kappa shape index (κ3) is 2.63. The van der Waals surface area contributed by atoms with Crippen LogP contribution in [-0.2, 0) is 0 Å². The molecule has 0 amide bonds. The van der Waals surface area contributed by atoms with Gasteiger partial charge in [0.25, 0.3) is 0 Å². The number of nitriles is 1. The minimum absolute atomic E-state index is 0.0261. The zero-order valence-corrected chi connectivity index (χ0v) is 7.72. The molecule has 1 rings (SSSR count). The van der Waals surface area contributed by atoms with Gasteiger partial charge in [-0.25, -0.2) is 4.39 Å². The fourth-order valence-corrected chi connectivity index (χ4v) is 0.931. The van der Waals surface area contributed by atoms with Gasteiger partial charge < -0.3 is 4.74 Å². The van der Waals surface area contributed by atoms with E-state index in [-0.39, 0.29) is 5.56 Å². The van der Waals surface area contributed by atoms with E-state index in [2.05, 4.69) is 12.6 Å². The van der Waals surface area contributed by atoms with Crippen molar-refractivity contribution in [3.8, 4) is 11.8 Å². The van der Waals surface area contributed by atoms with Crippen molar-refractivity contribution < 1.29 is 9.13 Å². The lowest BCUT2D eigenvalue weighted by Gasteiger charge is -2.03. The molecule has 0 fully saturated rings. The van der Waals surface area contributed by atoms with Crippen molar-refractivity contribution in [1.82, 2.24) is 0 Å². The van der Waals surface area contributed by atoms with Gasteiger partial charge in [0.2, 0.25) is 0 Å². The van der Waals surface area contributed by atoms with E-state index < -0.39 is 5.82 Å². The summed E-state index contributed by atoms with van der Waals surface area (Å²) < 4.78 is 18.1. The van der Waals surface area contributed by atoms with Crippen LogP contribution in [0.1, 0.15) is 5.56 Å². The molecule has 0 aliphatic carbocycles. The summed E-state index contributed by atoms with van der Waals surface area (Å²) in [6.45, 7) is 0.425. The van der Waals surface area contributed by atoms with Crippen LogP contribution >= 0.6 is 12.6 Å². The Morgan fingerprint density at radius 1 is 1.54 bits per heavy atom. The van der Waals surface area contributed by atoms with E-state index in [0.717, 1.165) is 0 Å². The maximum Gasteiger partial charge on any atom is 0.144 e. The third-order valence-corrected chi connectivity index (χ3v) is 1.60. The Morgan fingerprint density at radius 3 is 2.85 bits per heavy atom. The molecule has 0 atom stereocenters. The van der Waals surface area contributed by atoms with E-state index in [4.69, 9.17) is 10.00 Å². The third-order valence-electron chi connectivity index (χ3n) is 1.42. The average molecular weight is 197 g/mol. The lowest BCUT2D eigenvalue weighted by molar-refractivity contribution is 0.342. The minimum Gasteiger partial charge on any atom is -0.493 e. The fourth-order valence-electron chi connectivity index (χ4n) is 0.840. The van der Waals surface area contributed by atoms with Gasteiger partial charge in [0.15, 0.2) is 0 Å². The van der Waals surface area contributed by atoms with Crippen molar-refractivity contribution in [2.24, 2.45) is 0 Å². The highest BCUT2D eigenvalue weighted by Gasteiger charge is 2.02. The highest BCUT2D eigenvalue weighted by molar-refractivity contribution is 7.80. The van der Waals surface area contributed by atoms with E-state index in [1.54, 1.807) is 12.1 Å². The van der Waals surface area contributed by atoms with Gasteiger partial charge in [0.1, 0.15) is 17.6 Å². The predicted molar refractivity (Wildman–Crippen MR) is 50.5 cm³/mol. The highest BCUT2D eigenvalue weighted by atomic mass is 32.1. The monoisotopic (exact) mass is 197 g/mol. The van der Waals surface area contributed by atoms with Crippen LogP contribution in [0.25, 0.3) is 0 Å². The smallest absolute Gasteiger partial charge is 0.144 e. The number of ether oxygens (including phenoxy) is 1. The van der Waals surface area contributed by atoms with Crippen LogP contribution in [0.15, 0.2) is 18.2 Å². The molecule has 1 aromatic rings. The van der Waals surface area contributed by atoms with Gasteiger partial charge in [-0.2, -0.15) is 17.9 Å². The van der Waals surface area contributed by atoms with Gasteiger partial charge in [-0.15, -0.1) is 0 Å². The zero-order valence-electron chi connectivity index (χ0n) is 6.83. The molecule has 0 saturated carbocycles. The summed E-state index contributed by atoms with van der Waals surface area (Å²) in [6, 6.07) is 5.88. The molecule has 0 aromatic heterocycles. The Bertz CT molecular complexity index is 335. The number of thiol groups is 1. The maximum absolute atomic E-state index is 13.0. The van der Waals surface area contributed by atoms with Crippen molar-refractivity contribution in [2.45, 2.75) is 0 Å². The van der Waals surface area contributed by atoms with Crippen molar-refractivity contribution in [2.75, 3.05) is 12.4 Å². The second kappa shape index (κ2) is 4.73. The second-order valence-corrected chi connectivity index (χ2v) is 2.77. The molecule has 0 bridgehead atoms. The number of halogens is 1. The van der Waals surface area contributed by atoms with Crippen molar-refractivity contribution >= 4 is 12.6 Å². The van der Waals surface area contributed by atoms with E-state index in [0.29, 0.717) is 18.1 Å². The van der Waals surface area contributed by atoms with E-state index in [1.165, 1.54) is 12.1 Å². The Morgan fingerprint density at radius 2 is 2.31 bits per heavy atom. The first-order valence-corrected chi connectivity index (χ1v) is 4.34. The SMILES string of the molecule is N#Cc1ccc(OCCS)cc1F. The molecule has 0 heterocycles. The fraction of sp³-hybridized carbons (Fsp3) is 0.222. The zero-order chi connectivity index (χ0) is 9.68. The molecule has 0 spiro atoms. The lowest BCUT2D eigenvalue weighted by atomic mass is 10.2. The van der Waals surface area contributed by atoms with Crippen molar-refractivity contribution in [3.05, 3.63) is 29.6 Å². The molecule has 0 unspecified atom stereocenters. The summed E-state index contributed by atoms with van der Waals surface area (Å²) in [5.41, 5.74) is 0.0261. The molecule has 0 aliphatic rings. The Kier molecular flexibility index (Phi) is 3.59. The van der Waals surface area contributed by atoms with E-state index in [9.17, 15) is 4.39 Å². The molecule has 0 radical (unpaired) electrons. The number of rotatable bonds is 3. The molecular weight excluding hydrogens is 189 g/mol. The second-order valence-electron chi connectivity index (χ2n) is 2.33. The van der Waals surface area contributed by atoms with Crippen LogP contribution in [0.3, 0.4) is 0 Å². The number of hydrogen-bond acceptors (Lipinski definition) is 3. The average Bonchev–Trinajstić information content (AvgIpc) is 2.15. The summed E-state index contributed by atoms with van der Waals surface area (Å²) >= 11 is 3.94. The topological polar surface area (TPSA) is 33.0 Å². The van der Waals surface area contributed by atoms with Crippen LogP contribution in [0.2, 0.25) is 0 Å². The predicted octanol–water partition coefficient (Wildman–Crippen LogP) is 2.01. The first-order valence-electron chi connectivity index (χ1n) is 3.71. The molecule has 68 valence electrons. The number of hydrogen-bond donors (Lipinski definition) is 1. The van der Waals surface area contributed by atoms with Crippen LogP contribution in [0.5, 0.6) is 5.75 Å². The van der Waals surface area contributed by atoms with Crippen LogP contribution < -0.4 is 4.74 Å². The summed E-state index contributed by atoms with van der Waals surface area (Å²) in [7, 11) is 0. The summed E-state index contributed by atoms with van der Waals surface area (Å²) in [5.74, 6) is 0.437. The summed E-state index contributed by atoms with van der Waals surface area (Å²) in [5, 5.41) is 8.44. The van der Waals surface area contributed by atoms with E-state index >= 15 is 0 Å². The van der Waals surface area contributed by atoms with Crippen LogP contribution in [-0.4, -0.2) is 12.4 Å². The maximum atomic E-state index is 13.0. The largest absolute Gasteiger partial charge is 0.493 e. The van der Waals surface area contributed by atoms with Gasteiger partial charge in [-0.1, -0.05) is 0 Å². The molecule has 4 heteroatoms. The lowest BCUT2D eigenvalue weighted by Crippen LogP contribution is -1.98. The number of benzene rings is 1.